The summed E-state index contributed by atoms with van der Waals surface area (Å²) in [4.78, 5) is 30.6. The van der Waals surface area contributed by atoms with Crippen molar-refractivity contribution in [1.29, 1.82) is 0 Å². The summed E-state index contributed by atoms with van der Waals surface area (Å²) >= 11 is 1.40. The molecule has 0 saturated carbocycles. The van der Waals surface area contributed by atoms with Gasteiger partial charge in [0.2, 0.25) is 9.84 Å². The first-order chi connectivity index (χ1) is 16.8. The van der Waals surface area contributed by atoms with E-state index < -0.39 is 15.4 Å². The van der Waals surface area contributed by atoms with Crippen molar-refractivity contribution in [2.24, 2.45) is 7.05 Å². The van der Waals surface area contributed by atoms with Crippen molar-refractivity contribution in [2.45, 2.75) is 16.7 Å². The van der Waals surface area contributed by atoms with Gasteiger partial charge in [-0.05, 0) is 36.6 Å². The van der Waals surface area contributed by atoms with Crippen LogP contribution in [-0.4, -0.2) is 50.0 Å². The number of carbonyl (C=O) groups is 1. The van der Waals surface area contributed by atoms with E-state index in [9.17, 15) is 18.0 Å². The fraction of sp³-hybridized carbons (Fsp3) is 0.231. The number of hydrogen-bond donors (Lipinski definition) is 0. The topological polar surface area (TPSA) is 79.7 Å². The Labute approximate surface area is 207 Å². The van der Waals surface area contributed by atoms with E-state index in [1.165, 1.54) is 15.9 Å². The maximum atomic E-state index is 13.9. The first kappa shape index (κ1) is 23.3. The smallest absolute Gasteiger partial charge is 0.272 e. The monoisotopic (exact) mass is 507 g/mol. The van der Waals surface area contributed by atoms with Gasteiger partial charge in [-0.1, -0.05) is 42.0 Å². The maximum absolute atomic E-state index is 13.9. The third-order valence-electron chi connectivity index (χ3n) is 6.45. The van der Waals surface area contributed by atoms with Crippen molar-refractivity contribution in [1.82, 2.24) is 9.47 Å². The summed E-state index contributed by atoms with van der Waals surface area (Å²) < 4.78 is 29.1. The number of para-hydroxylation sites is 1. The molecule has 7 nitrogen and oxygen atoms in total. The molecule has 35 heavy (non-hydrogen) atoms. The summed E-state index contributed by atoms with van der Waals surface area (Å²) in [7, 11) is -2.50. The van der Waals surface area contributed by atoms with Crippen molar-refractivity contribution in [3.63, 3.8) is 0 Å². The van der Waals surface area contributed by atoms with Crippen LogP contribution in [-0.2, 0) is 16.9 Å². The number of rotatable bonds is 4. The second-order valence-electron chi connectivity index (χ2n) is 8.63. The average Bonchev–Trinajstić information content (AvgIpc) is 3.41. The number of hydrogen-bond acceptors (Lipinski definition) is 6. The molecule has 2 aromatic carbocycles. The number of aryl methyl sites for hydroxylation is 2. The first-order valence-electron chi connectivity index (χ1n) is 11.3. The molecule has 0 atom stereocenters. The number of thiophene rings is 1. The molecule has 2 aromatic heterocycles. The minimum Gasteiger partial charge on any atom is -0.366 e. The molecule has 0 spiro atoms. The van der Waals surface area contributed by atoms with Crippen LogP contribution < -0.4 is 10.5 Å². The molecule has 0 N–H and O–H groups in total. The summed E-state index contributed by atoms with van der Waals surface area (Å²) in [5.74, 6) is -0.0269. The summed E-state index contributed by atoms with van der Waals surface area (Å²) in [6, 6.07) is 17.5. The highest BCUT2D eigenvalue weighted by Crippen LogP contribution is 2.35. The lowest BCUT2D eigenvalue weighted by Crippen LogP contribution is -2.49. The van der Waals surface area contributed by atoms with E-state index in [0.717, 1.165) is 5.56 Å². The minimum atomic E-state index is -4.10. The van der Waals surface area contributed by atoms with E-state index in [1.807, 2.05) is 47.5 Å². The molecule has 3 heterocycles. The molecule has 9 heteroatoms. The molecule has 1 aliphatic heterocycles. The summed E-state index contributed by atoms with van der Waals surface area (Å²) in [6.07, 6.45) is 0. The van der Waals surface area contributed by atoms with Crippen molar-refractivity contribution < 1.29 is 13.2 Å². The van der Waals surface area contributed by atoms with Gasteiger partial charge in [-0.15, -0.1) is 11.3 Å². The van der Waals surface area contributed by atoms with Gasteiger partial charge >= 0.3 is 0 Å². The van der Waals surface area contributed by atoms with Crippen LogP contribution in [0.25, 0.3) is 10.9 Å². The Morgan fingerprint density at radius 3 is 2.26 bits per heavy atom. The molecule has 0 unspecified atom stereocenters. The summed E-state index contributed by atoms with van der Waals surface area (Å²) in [5, 5.41) is 2.57. The molecule has 5 rings (SSSR count). The highest BCUT2D eigenvalue weighted by atomic mass is 32.2. The molecule has 1 amide bonds. The summed E-state index contributed by atoms with van der Waals surface area (Å²) in [5.41, 5.74) is 1.44. The number of aromatic nitrogens is 1. The molecular weight excluding hydrogens is 482 g/mol. The van der Waals surface area contributed by atoms with Gasteiger partial charge in [-0.2, -0.15) is 0 Å². The van der Waals surface area contributed by atoms with Crippen LogP contribution in [0, 0.1) is 6.92 Å². The molecule has 4 aromatic rings. The Morgan fingerprint density at radius 1 is 0.914 bits per heavy atom. The van der Waals surface area contributed by atoms with Gasteiger partial charge in [0, 0.05) is 38.6 Å². The number of piperazine rings is 1. The van der Waals surface area contributed by atoms with E-state index in [-0.39, 0.29) is 15.7 Å². The van der Waals surface area contributed by atoms with Gasteiger partial charge in [0.25, 0.3) is 11.5 Å². The number of anilines is 1. The lowest BCUT2D eigenvalue weighted by atomic mass is 10.1. The molecular formula is C26H25N3O4S2. The van der Waals surface area contributed by atoms with Crippen LogP contribution in [0.1, 0.15) is 15.2 Å². The van der Waals surface area contributed by atoms with Gasteiger partial charge in [0.15, 0.2) is 4.90 Å². The van der Waals surface area contributed by atoms with Gasteiger partial charge in [-0.25, -0.2) is 8.42 Å². The van der Waals surface area contributed by atoms with Crippen LogP contribution >= 0.6 is 11.3 Å². The van der Waals surface area contributed by atoms with E-state index in [2.05, 4.69) is 0 Å². The Hall–Kier alpha value is -3.43. The SMILES string of the molecule is Cc1ccc(S(=O)(=O)c2c(N3CCN(C(=O)c4cccs4)CC3)c3ccccc3n(C)c2=O)cc1. The molecule has 180 valence electrons. The Bertz CT molecular complexity index is 1570. The largest absolute Gasteiger partial charge is 0.366 e. The molecule has 0 radical (unpaired) electrons. The van der Waals surface area contributed by atoms with Gasteiger partial charge in [0.1, 0.15) is 0 Å². The number of carbonyl (C=O) groups excluding carboxylic acids is 1. The van der Waals surface area contributed by atoms with Crippen LogP contribution in [0.5, 0.6) is 0 Å². The van der Waals surface area contributed by atoms with Crippen LogP contribution in [0.15, 0.2) is 80.6 Å². The highest BCUT2D eigenvalue weighted by Gasteiger charge is 2.33. The van der Waals surface area contributed by atoms with Crippen molar-refractivity contribution in [3.05, 3.63) is 86.8 Å². The van der Waals surface area contributed by atoms with Crippen molar-refractivity contribution >= 4 is 43.7 Å². The predicted molar refractivity (Wildman–Crippen MR) is 138 cm³/mol. The molecule has 0 aliphatic carbocycles. The lowest BCUT2D eigenvalue weighted by Gasteiger charge is -2.37. The van der Waals surface area contributed by atoms with Gasteiger partial charge in [0.05, 0.1) is 21.0 Å². The van der Waals surface area contributed by atoms with Gasteiger partial charge in [-0.3, -0.25) is 9.59 Å². The quantitative estimate of drug-likeness (QED) is 0.421. The first-order valence-corrected chi connectivity index (χ1v) is 13.7. The predicted octanol–water partition coefficient (Wildman–Crippen LogP) is 3.70. The van der Waals surface area contributed by atoms with Gasteiger partial charge < -0.3 is 14.4 Å². The van der Waals surface area contributed by atoms with E-state index in [1.54, 1.807) is 42.3 Å². The molecule has 1 saturated heterocycles. The standard InChI is InChI=1S/C26H25N3O4S2/c1-18-9-11-19(12-10-18)35(32,33)24-23(20-6-3-4-7-21(20)27(2)26(24)31)28-13-15-29(16-14-28)25(30)22-8-5-17-34-22/h3-12,17H,13-16H2,1-2H3. The number of nitrogens with zero attached hydrogens (tertiary/aromatic N) is 3. The lowest BCUT2D eigenvalue weighted by molar-refractivity contribution is 0.0751. The number of fused-ring (bicyclic) bond motifs is 1. The molecule has 1 aliphatic rings. The summed E-state index contributed by atoms with van der Waals surface area (Å²) in [6.45, 7) is 3.60. The Balaban J connectivity index is 1.62. The number of amides is 1. The third-order valence-corrected chi connectivity index (χ3v) is 9.11. The fourth-order valence-electron chi connectivity index (χ4n) is 4.53. The minimum absolute atomic E-state index is 0.0269. The fourth-order valence-corrected chi connectivity index (χ4v) is 6.81. The normalized spacial score (nSPS) is 14.5. The molecule has 0 bridgehead atoms. The Morgan fingerprint density at radius 2 is 1.60 bits per heavy atom. The zero-order valence-electron chi connectivity index (χ0n) is 19.5. The number of sulfone groups is 1. The van der Waals surface area contributed by atoms with E-state index in [4.69, 9.17) is 0 Å². The van der Waals surface area contributed by atoms with Crippen LogP contribution in [0.4, 0.5) is 5.69 Å². The van der Waals surface area contributed by atoms with Crippen LogP contribution in [0.3, 0.4) is 0 Å². The zero-order valence-corrected chi connectivity index (χ0v) is 21.1. The van der Waals surface area contributed by atoms with Crippen LogP contribution in [0.2, 0.25) is 0 Å². The second kappa shape index (κ2) is 8.98. The van der Waals surface area contributed by atoms with E-state index >= 15 is 0 Å². The maximum Gasteiger partial charge on any atom is 0.272 e. The Kier molecular flexibility index (Phi) is 5.98. The zero-order chi connectivity index (χ0) is 24.7. The van der Waals surface area contributed by atoms with Crippen molar-refractivity contribution in [2.75, 3.05) is 31.1 Å². The average molecular weight is 508 g/mol. The number of benzene rings is 2. The third kappa shape index (κ3) is 4.04. The molecule has 1 fully saturated rings. The van der Waals surface area contributed by atoms with Crippen molar-refractivity contribution in [3.8, 4) is 0 Å². The number of pyridine rings is 1. The second-order valence-corrected chi connectivity index (χ2v) is 11.5. The van der Waals surface area contributed by atoms with E-state index in [0.29, 0.717) is 47.6 Å². The highest BCUT2D eigenvalue weighted by molar-refractivity contribution is 7.91.